The summed E-state index contributed by atoms with van der Waals surface area (Å²) in [6.45, 7) is 11.3. The van der Waals surface area contributed by atoms with E-state index in [1.54, 1.807) is 4.90 Å². The molecule has 2 rings (SSSR count). The molecule has 0 saturated carbocycles. The molecule has 2 heterocycles. The molecule has 5 heteroatoms. The molecule has 118 valence electrons. The van der Waals surface area contributed by atoms with Crippen molar-refractivity contribution >= 4 is 11.8 Å². The molecular weight excluding hydrogens is 268 g/mol. The summed E-state index contributed by atoms with van der Waals surface area (Å²) < 4.78 is 5.91. The van der Waals surface area contributed by atoms with Gasteiger partial charge in [-0.15, -0.1) is 0 Å². The maximum atomic E-state index is 13.1. The summed E-state index contributed by atoms with van der Waals surface area (Å²) >= 11 is 0. The van der Waals surface area contributed by atoms with Crippen LogP contribution in [0.3, 0.4) is 0 Å². The number of carbonyl (C=O) groups excluding carboxylic acids is 2. The first kappa shape index (κ1) is 16.0. The largest absolute Gasteiger partial charge is 0.365 e. The van der Waals surface area contributed by atoms with E-state index >= 15 is 0 Å². The quantitative estimate of drug-likeness (QED) is 0.779. The summed E-state index contributed by atoms with van der Waals surface area (Å²) in [6, 6.07) is 0. The first-order chi connectivity index (χ1) is 9.87. The number of nitrogens with zero attached hydrogens (tertiary/aromatic N) is 1. The molecule has 2 bridgehead atoms. The minimum absolute atomic E-state index is 0.00176. The first-order valence-corrected chi connectivity index (χ1v) is 7.79. The third kappa shape index (κ3) is 1.94. The van der Waals surface area contributed by atoms with Gasteiger partial charge in [-0.1, -0.05) is 12.2 Å². The van der Waals surface area contributed by atoms with Crippen LogP contribution in [0.25, 0.3) is 0 Å². The van der Waals surface area contributed by atoms with Gasteiger partial charge in [0.05, 0.1) is 23.0 Å². The summed E-state index contributed by atoms with van der Waals surface area (Å²) in [7, 11) is 0. The molecular formula is C16H26N2O3. The Bertz CT molecular complexity index is 472. The Morgan fingerprint density at radius 2 is 1.62 bits per heavy atom. The van der Waals surface area contributed by atoms with Crippen molar-refractivity contribution in [3.63, 3.8) is 0 Å². The fourth-order valence-electron chi connectivity index (χ4n) is 3.59. The van der Waals surface area contributed by atoms with Gasteiger partial charge in [-0.05, 0) is 34.6 Å². The summed E-state index contributed by atoms with van der Waals surface area (Å²) in [5, 5.41) is 2.87. The molecule has 21 heavy (non-hydrogen) atoms. The fraction of sp³-hybridized carbons (Fsp3) is 0.750. The van der Waals surface area contributed by atoms with Gasteiger partial charge >= 0.3 is 0 Å². The monoisotopic (exact) mass is 294 g/mol. The van der Waals surface area contributed by atoms with Crippen LogP contribution in [0.4, 0.5) is 0 Å². The summed E-state index contributed by atoms with van der Waals surface area (Å²) in [6.07, 6.45) is 3.17. The molecule has 0 spiro atoms. The Hall–Kier alpha value is -1.36. The lowest BCUT2D eigenvalue weighted by atomic mass is 9.58. The number of amides is 2. The molecule has 2 aliphatic rings. The molecule has 4 atom stereocenters. The molecule has 0 aromatic carbocycles. The van der Waals surface area contributed by atoms with E-state index in [1.165, 1.54) is 0 Å². The van der Waals surface area contributed by atoms with E-state index in [9.17, 15) is 9.59 Å². The molecule has 0 radical (unpaired) electrons. The van der Waals surface area contributed by atoms with Crippen molar-refractivity contribution in [3.05, 3.63) is 12.2 Å². The maximum absolute atomic E-state index is 13.1. The predicted octanol–water partition coefficient (Wildman–Crippen LogP) is 1.34. The predicted molar refractivity (Wildman–Crippen MR) is 80.6 cm³/mol. The van der Waals surface area contributed by atoms with Crippen LogP contribution >= 0.6 is 0 Å². The number of hydrogen-bond donors (Lipinski definition) is 1. The Balaban J connectivity index is 2.46. The van der Waals surface area contributed by atoms with Gasteiger partial charge in [-0.25, -0.2) is 0 Å². The zero-order chi connectivity index (χ0) is 15.8. The van der Waals surface area contributed by atoms with Crippen LogP contribution in [0.15, 0.2) is 12.2 Å². The van der Waals surface area contributed by atoms with Crippen LogP contribution < -0.4 is 5.32 Å². The van der Waals surface area contributed by atoms with Crippen LogP contribution in [0.1, 0.15) is 34.6 Å². The molecule has 2 amide bonds. The lowest BCUT2D eigenvalue weighted by Gasteiger charge is -2.44. The topological polar surface area (TPSA) is 58.6 Å². The van der Waals surface area contributed by atoms with Crippen LogP contribution in [0.2, 0.25) is 0 Å². The number of nitrogens with one attached hydrogen (secondary N) is 1. The molecule has 0 aromatic rings. The van der Waals surface area contributed by atoms with Crippen molar-refractivity contribution in [2.24, 2.45) is 10.8 Å². The molecule has 0 aromatic heterocycles. The number of ether oxygens (including phenoxy) is 1. The second kappa shape index (κ2) is 5.44. The minimum Gasteiger partial charge on any atom is -0.365 e. The van der Waals surface area contributed by atoms with Crippen molar-refractivity contribution in [1.82, 2.24) is 10.2 Å². The van der Waals surface area contributed by atoms with E-state index < -0.39 is 10.8 Å². The Morgan fingerprint density at radius 1 is 1.10 bits per heavy atom. The number of hydrogen-bond acceptors (Lipinski definition) is 3. The normalized spacial score (nSPS) is 36.8. The average Bonchev–Trinajstić information content (AvgIpc) is 3.03. The highest BCUT2D eigenvalue weighted by atomic mass is 16.5. The van der Waals surface area contributed by atoms with E-state index in [2.05, 4.69) is 5.32 Å². The SMILES string of the molecule is CCNC(=O)C1(C)C2C=CC(O2)C1(C)C(=O)N(CC)CC. The van der Waals surface area contributed by atoms with E-state index in [0.717, 1.165) is 0 Å². The van der Waals surface area contributed by atoms with Gasteiger partial charge in [-0.3, -0.25) is 9.59 Å². The molecule has 2 aliphatic heterocycles. The molecule has 1 fully saturated rings. The summed E-state index contributed by atoms with van der Waals surface area (Å²) in [5.41, 5.74) is -1.74. The van der Waals surface area contributed by atoms with Gasteiger partial charge in [0.1, 0.15) is 0 Å². The van der Waals surface area contributed by atoms with Crippen LogP contribution in [0.5, 0.6) is 0 Å². The van der Waals surface area contributed by atoms with Crippen molar-refractivity contribution in [1.29, 1.82) is 0 Å². The van der Waals surface area contributed by atoms with Gasteiger partial charge in [0.2, 0.25) is 11.8 Å². The number of rotatable bonds is 5. The molecule has 5 nitrogen and oxygen atoms in total. The Morgan fingerprint density at radius 3 is 2.10 bits per heavy atom. The van der Waals surface area contributed by atoms with Gasteiger partial charge in [0.15, 0.2) is 0 Å². The first-order valence-electron chi connectivity index (χ1n) is 7.79. The van der Waals surface area contributed by atoms with Crippen LogP contribution in [-0.2, 0) is 14.3 Å². The number of carbonyl (C=O) groups is 2. The van der Waals surface area contributed by atoms with Crippen LogP contribution in [0, 0.1) is 10.8 Å². The van der Waals surface area contributed by atoms with Crippen molar-refractivity contribution in [2.45, 2.75) is 46.8 Å². The average molecular weight is 294 g/mol. The van der Waals surface area contributed by atoms with E-state index in [0.29, 0.717) is 19.6 Å². The second-order valence-electron chi connectivity index (χ2n) is 6.10. The maximum Gasteiger partial charge on any atom is 0.232 e. The fourth-order valence-corrected chi connectivity index (χ4v) is 3.59. The zero-order valence-electron chi connectivity index (χ0n) is 13.6. The minimum atomic E-state index is -0.873. The Kier molecular flexibility index (Phi) is 4.15. The lowest BCUT2D eigenvalue weighted by molar-refractivity contribution is -0.155. The van der Waals surface area contributed by atoms with Crippen molar-refractivity contribution in [2.75, 3.05) is 19.6 Å². The zero-order valence-corrected chi connectivity index (χ0v) is 13.6. The van der Waals surface area contributed by atoms with E-state index in [1.807, 2.05) is 46.8 Å². The lowest BCUT2D eigenvalue weighted by Crippen LogP contribution is -2.61. The standard InChI is InChI=1S/C16H26N2O3/c1-6-17-13(19)15(4)11-9-10-12(21-11)16(15,5)14(20)18(7-2)8-3/h9-12H,6-8H2,1-5H3,(H,17,19). The van der Waals surface area contributed by atoms with Gasteiger partial charge < -0.3 is 15.0 Å². The molecule has 1 saturated heterocycles. The van der Waals surface area contributed by atoms with Crippen molar-refractivity contribution < 1.29 is 14.3 Å². The molecule has 0 aliphatic carbocycles. The molecule has 1 N–H and O–H groups in total. The highest BCUT2D eigenvalue weighted by Gasteiger charge is 2.70. The van der Waals surface area contributed by atoms with Gasteiger partial charge in [0, 0.05) is 19.6 Å². The van der Waals surface area contributed by atoms with Crippen molar-refractivity contribution in [3.8, 4) is 0 Å². The third-order valence-electron chi connectivity index (χ3n) is 5.27. The Labute approximate surface area is 126 Å². The highest BCUT2D eigenvalue weighted by Crippen LogP contribution is 2.57. The third-order valence-corrected chi connectivity index (χ3v) is 5.27. The smallest absolute Gasteiger partial charge is 0.232 e. The van der Waals surface area contributed by atoms with E-state index in [-0.39, 0.29) is 24.0 Å². The molecule has 4 unspecified atom stereocenters. The van der Waals surface area contributed by atoms with Gasteiger partial charge in [-0.2, -0.15) is 0 Å². The van der Waals surface area contributed by atoms with E-state index in [4.69, 9.17) is 4.74 Å². The second-order valence-corrected chi connectivity index (χ2v) is 6.10. The van der Waals surface area contributed by atoms with Crippen LogP contribution in [-0.4, -0.2) is 48.6 Å². The number of fused-ring (bicyclic) bond motifs is 2. The summed E-state index contributed by atoms with van der Waals surface area (Å²) in [4.78, 5) is 27.5. The summed E-state index contributed by atoms with van der Waals surface area (Å²) in [5.74, 6) is -0.108. The van der Waals surface area contributed by atoms with Gasteiger partial charge in [0.25, 0.3) is 0 Å². The highest BCUT2D eigenvalue weighted by molar-refractivity contribution is 5.95.